The third-order valence-electron chi connectivity index (χ3n) is 3.23. The van der Waals surface area contributed by atoms with Crippen molar-refractivity contribution < 1.29 is 23.9 Å². The Hall–Kier alpha value is -1.11. The standard InChI is InChI=1S/C13H18BFO4/c1-13(2)6-5-10(19-13)8-18-12-7-9(15)3-4-11(12)14(16)17/h3-4,7,10,16-17H,5-6,8H2,1-2H3. The molecule has 2 N–H and O–H groups in total. The van der Waals surface area contributed by atoms with Crippen LogP contribution in [0, 0.1) is 5.82 Å². The molecule has 0 saturated carbocycles. The van der Waals surface area contributed by atoms with Crippen LogP contribution in [0.4, 0.5) is 4.39 Å². The van der Waals surface area contributed by atoms with Crippen molar-refractivity contribution in [2.24, 2.45) is 0 Å². The second-order valence-corrected chi connectivity index (χ2v) is 5.41. The molecule has 2 rings (SSSR count). The topological polar surface area (TPSA) is 58.9 Å². The molecule has 0 amide bonds. The fraction of sp³-hybridized carbons (Fsp3) is 0.538. The summed E-state index contributed by atoms with van der Waals surface area (Å²) in [5.74, 6) is -0.338. The molecule has 0 aromatic heterocycles. The third-order valence-corrected chi connectivity index (χ3v) is 3.23. The quantitative estimate of drug-likeness (QED) is 0.794. The van der Waals surface area contributed by atoms with E-state index in [0.717, 1.165) is 25.0 Å². The molecule has 0 spiro atoms. The number of rotatable bonds is 4. The molecule has 1 aromatic rings. The van der Waals surface area contributed by atoms with E-state index in [-0.39, 0.29) is 29.5 Å². The lowest BCUT2D eigenvalue weighted by Gasteiger charge is -2.20. The van der Waals surface area contributed by atoms with Gasteiger partial charge < -0.3 is 19.5 Å². The minimum Gasteiger partial charge on any atom is -0.491 e. The maximum atomic E-state index is 13.2. The first-order chi connectivity index (χ1) is 8.87. The first-order valence-electron chi connectivity index (χ1n) is 6.33. The van der Waals surface area contributed by atoms with Crippen LogP contribution in [-0.4, -0.2) is 35.5 Å². The Balaban J connectivity index is 2.01. The Morgan fingerprint density at radius 2 is 2.21 bits per heavy atom. The van der Waals surface area contributed by atoms with Crippen molar-refractivity contribution in [1.82, 2.24) is 0 Å². The molecule has 1 heterocycles. The van der Waals surface area contributed by atoms with Crippen molar-refractivity contribution in [1.29, 1.82) is 0 Å². The maximum absolute atomic E-state index is 13.2. The molecule has 1 fully saturated rings. The smallest absolute Gasteiger partial charge is 0.491 e. The summed E-state index contributed by atoms with van der Waals surface area (Å²) < 4.78 is 24.4. The SMILES string of the molecule is CC1(C)CCC(COc2cc(F)ccc2B(O)O)O1. The average molecular weight is 268 g/mol. The van der Waals surface area contributed by atoms with E-state index in [9.17, 15) is 14.4 Å². The summed E-state index contributed by atoms with van der Waals surface area (Å²) in [6.45, 7) is 4.29. The fourth-order valence-electron chi connectivity index (χ4n) is 2.22. The highest BCUT2D eigenvalue weighted by atomic mass is 19.1. The Labute approximate surface area is 112 Å². The lowest BCUT2D eigenvalue weighted by molar-refractivity contribution is -0.0325. The summed E-state index contributed by atoms with van der Waals surface area (Å²) in [6.07, 6.45) is 1.76. The number of benzene rings is 1. The molecule has 1 aromatic carbocycles. The molecule has 0 bridgehead atoms. The highest BCUT2D eigenvalue weighted by Gasteiger charge is 2.32. The zero-order valence-corrected chi connectivity index (χ0v) is 11.1. The maximum Gasteiger partial charge on any atom is 0.492 e. The van der Waals surface area contributed by atoms with Crippen LogP contribution >= 0.6 is 0 Å². The van der Waals surface area contributed by atoms with Gasteiger partial charge in [-0.2, -0.15) is 0 Å². The number of halogens is 1. The molecule has 104 valence electrons. The highest BCUT2D eigenvalue weighted by molar-refractivity contribution is 6.59. The van der Waals surface area contributed by atoms with Gasteiger partial charge >= 0.3 is 7.12 Å². The van der Waals surface area contributed by atoms with Gasteiger partial charge in [-0.3, -0.25) is 0 Å². The molecule has 0 aliphatic carbocycles. The van der Waals surface area contributed by atoms with Gasteiger partial charge in [0.1, 0.15) is 18.2 Å². The number of hydrogen-bond acceptors (Lipinski definition) is 4. The van der Waals surface area contributed by atoms with Crippen molar-refractivity contribution in [2.75, 3.05) is 6.61 Å². The van der Waals surface area contributed by atoms with Crippen molar-refractivity contribution >= 4 is 12.6 Å². The molecular formula is C13H18BFO4. The molecule has 1 aliphatic rings. The number of ether oxygens (including phenoxy) is 2. The van der Waals surface area contributed by atoms with E-state index >= 15 is 0 Å². The van der Waals surface area contributed by atoms with Crippen LogP contribution < -0.4 is 10.2 Å². The van der Waals surface area contributed by atoms with E-state index in [4.69, 9.17) is 9.47 Å². The monoisotopic (exact) mass is 268 g/mol. The second kappa shape index (κ2) is 5.49. The summed E-state index contributed by atoms with van der Waals surface area (Å²) in [5, 5.41) is 18.4. The van der Waals surface area contributed by atoms with E-state index < -0.39 is 12.9 Å². The second-order valence-electron chi connectivity index (χ2n) is 5.41. The van der Waals surface area contributed by atoms with Crippen molar-refractivity contribution in [3.8, 4) is 5.75 Å². The molecule has 1 atom stereocenters. The summed E-state index contributed by atoms with van der Waals surface area (Å²) in [5.41, 5.74) is -0.00592. The minimum atomic E-state index is -1.68. The summed E-state index contributed by atoms with van der Waals surface area (Å²) in [7, 11) is -1.68. The van der Waals surface area contributed by atoms with E-state index in [1.807, 2.05) is 13.8 Å². The normalized spacial score (nSPS) is 21.4. The van der Waals surface area contributed by atoms with E-state index in [2.05, 4.69) is 0 Å². The summed E-state index contributed by atoms with van der Waals surface area (Å²) in [6, 6.07) is 3.61. The van der Waals surface area contributed by atoms with Gasteiger partial charge in [-0.05, 0) is 32.8 Å². The molecule has 6 heteroatoms. The van der Waals surface area contributed by atoms with Crippen LogP contribution in [0.1, 0.15) is 26.7 Å². The van der Waals surface area contributed by atoms with E-state index in [0.29, 0.717) is 0 Å². The largest absolute Gasteiger partial charge is 0.492 e. The van der Waals surface area contributed by atoms with Crippen molar-refractivity contribution in [3.05, 3.63) is 24.0 Å². The van der Waals surface area contributed by atoms with Gasteiger partial charge in [0.15, 0.2) is 0 Å². The zero-order chi connectivity index (χ0) is 14.0. The first-order valence-corrected chi connectivity index (χ1v) is 6.33. The predicted molar refractivity (Wildman–Crippen MR) is 69.9 cm³/mol. The molecule has 1 saturated heterocycles. The predicted octanol–water partition coefficient (Wildman–Crippen LogP) is 0.842. The Bertz CT molecular complexity index is 450. The van der Waals surface area contributed by atoms with Gasteiger partial charge in [0.25, 0.3) is 0 Å². The Morgan fingerprint density at radius 1 is 1.47 bits per heavy atom. The van der Waals surface area contributed by atoms with Crippen LogP contribution in [0.15, 0.2) is 18.2 Å². The Kier molecular flexibility index (Phi) is 4.13. The first kappa shape index (κ1) is 14.3. The lowest BCUT2D eigenvalue weighted by Crippen LogP contribution is -2.33. The van der Waals surface area contributed by atoms with Gasteiger partial charge in [0.2, 0.25) is 0 Å². The number of hydrogen-bond donors (Lipinski definition) is 2. The van der Waals surface area contributed by atoms with E-state index in [1.165, 1.54) is 6.07 Å². The van der Waals surface area contributed by atoms with Gasteiger partial charge in [-0.15, -0.1) is 0 Å². The van der Waals surface area contributed by atoms with E-state index in [1.54, 1.807) is 0 Å². The third kappa shape index (κ3) is 3.68. The van der Waals surface area contributed by atoms with Crippen molar-refractivity contribution in [3.63, 3.8) is 0 Å². The molecule has 1 aliphatic heterocycles. The lowest BCUT2D eigenvalue weighted by atomic mass is 9.79. The molecule has 19 heavy (non-hydrogen) atoms. The molecule has 1 unspecified atom stereocenters. The van der Waals surface area contributed by atoms with Crippen LogP contribution in [0.25, 0.3) is 0 Å². The van der Waals surface area contributed by atoms with Crippen LogP contribution in [-0.2, 0) is 4.74 Å². The zero-order valence-electron chi connectivity index (χ0n) is 11.1. The van der Waals surface area contributed by atoms with Crippen LogP contribution in [0.5, 0.6) is 5.75 Å². The fourth-order valence-corrected chi connectivity index (χ4v) is 2.22. The average Bonchev–Trinajstić information content (AvgIpc) is 2.66. The highest BCUT2D eigenvalue weighted by Crippen LogP contribution is 2.29. The van der Waals surface area contributed by atoms with Crippen LogP contribution in [0.3, 0.4) is 0 Å². The van der Waals surface area contributed by atoms with Gasteiger partial charge in [0, 0.05) is 11.5 Å². The summed E-state index contributed by atoms with van der Waals surface area (Å²) >= 11 is 0. The minimum absolute atomic E-state index is 0.0537. The van der Waals surface area contributed by atoms with Crippen molar-refractivity contribution in [2.45, 2.75) is 38.4 Å². The molecule has 0 radical (unpaired) electrons. The molecular weight excluding hydrogens is 250 g/mol. The molecule has 4 nitrogen and oxygen atoms in total. The Morgan fingerprint density at radius 3 is 2.79 bits per heavy atom. The van der Waals surface area contributed by atoms with Crippen LogP contribution in [0.2, 0.25) is 0 Å². The summed E-state index contributed by atoms with van der Waals surface area (Å²) in [4.78, 5) is 0. The van der Waals surface area contributed by atoms with Gasteiger partial charge in [0.05, 0.1) is 11.7 Å². The van der Waals surface area contributed by atoms with Gasteiger partial charge in [-0.1, -0.05) is 6.07 Å². The van der Waals surface area contributed by atoms with Gasteiger partial charge in [-0.25, -0.2) is 4.39 Å².